The molecule has 0 aliphatic heterocycles. The van der Waals surface area contributed by atoms with Crippen molar-refractivity contribution in [2.75, 3.05) is 0 Å². The van der Waals surface area contributed by atoms with Gasteiger partial charge in [-0.15, -0.1) is 0 Å². The van der Waals surface area contributed by atoms with Crippen molar-refractivity contribution in [3.8, 4) is 0 Å². The first kappa shape index (κ1) is 45.2. The van der Waals surface area contributed by atoms with Crippen molar-refractivity contribution >= 4 is 0 Å². The van der Waals surface area contributed by atoms with Gasteiger partial charge in [-0.05, 0) is 53.1 Å². The van der Waals surface area contributed by atoms with Crippen LogP contribution in [0.15, 0.2) is 36.4 Å². The Labute approximate surface area is 284 Å². The van der Waals surface area contributed by atoms with Gasteiger partial charge in [-0.2, -0.15) is 119 Å². The number of rotatable bonds is 3. The van der Waals surface area contributed by atoms with E-state index in [2.05, 4.69) is 0 Å². The van der Waals surface area contributed by atoms with Gasteiger partial charge in [-0.3, -0.25) is 0 Å². The van der Waals surface area contributed by atoms with Gasteiger partial charge in [-0.25, -0.2) is 0 Å². The Morgan fingerprint density at radius 3 is 0.436 bits per heavy atom. The molecular weight excluding hydrogens is 849 g/mol. The molecule has 308 valence electrons. The summed E-state index contributed by atoms with van der Waals surface area (Å²) in [6.07, 6.45) is -61.9. The first-order valence-electron chi connectivity index (χ1n) is 13.2. The average molecular weight is 856 g/mol. The predicted molar refractivity (Wildman–Crippen MR) is 125 cm³/mol. The Kier molecular flexibility index (Phi) is 10.8. The molecule has 0 amide bonds. The summed E-state index contributed by atoms with van der Waals surface area (Å²) >= 11 is 0. The molecule has 0 bridgehead atoms. The van der Waals surface area contributed by atoms with Crippen LogP contribution in [0.5, 0.6) is 0 Å². The first-order chi connectivity index (χ1) is 24.0. The molecule has 0 unspecified atom stereocenters. The van der Waals surface area contributed by atoms with Gasteiger partial charge in [0.05, 0.1) is 50.1 Å². The van der Waals surface area contributed by atoms with Gasteiger partial charge in [0.15, 0.2) is 0 Å². The van der Waals surface area contributed by atoms with Gasteiger partial charge in [0, 0.05) is 5.92 Å². The lowest BCUT2D eigenvalue weighted by atomic mass is 9.72. The van der Waals surface area contributed by atoms with E-state index in [4.69, 9.17) is 0 Å². The van der Waals surface area contributed by atoms with Crippen molar-refractivity contribution in [1.29, 1.82) is 0 Å². The monoisotopic (exact) mass is 856 g/mol. The van der Waals surface area contributed by atoms with Crippen LogP contribution in [0.2, 0.25) is 0 Å². The predicted octanol–water partition coefficient (Wildman–Crippen LogP) is 14.0. The molecule has 27 heteroatoms. The Hall–Kier alpha value is -4.23. The topological polar surface area (TPSA) is 0 Å². The summed E-state index contributed by atoms with van der Waals surface area (Å²) in [6, 6.07) is -9.71. The molecule has 3 aromatic carbocycles. The van der Waals surface area contributed by atoms with Gasteiger partial charge in [0.2, 0.25) is 0 Å². The third kappa shape index (κ3) is 9.43. The fourth-order valence-corrected chi connectivity index (χ4v) is 5.22. The fourth-order valence-electron chi connectivity index (χ4n) is 5.22. The van der Waals surface area contributed by atoms with Gasteiger partial charge in [-0.1, -0.05) is 0 Å². The molecule has 0 aliphatic rings. The summed E-state index contributed by atoms with van der Waals surface area (Å²) in [5.74, 6) is -5.42. The lowest BCUT2D eigenvalue weighted by Gasteiger charge is -2.34. The maximum Gasteiger partial charge on any atom is 0.416 e. The maximum atomic E-state index is 14.4. The van der Waals surface area contributed by atoms with Gasteiger partial charge in [0.1, 0.15) is 0 Å². The van der Waals surface area contributed by atoms with Crippen LogP contribution < -0.4 is 0 Å². The SMILES string of the molecule is FC(F)(F)c1cc(C(F)(F)F)c(C(c2c(C(F)(F)F)cc(C(F)(F)F)cc2C(F)(F)F)c2c(C(F)(F)F)cc(C(F)(F)F)cc2C(F)(F)F)c(C(F)(F)F)c1. The maximum absolute atomic E-state index is 14.4. The molecule has 0 fully saturated rings. The molecule has 0 spiro atoms. The molecule has 0 aliphatic carbocycles. The Bertz CT molecular complexity index is 1580. The zero-order valence-electron chi connectivity index (χ0n) is 24.7. The highest BCUT2D eigenvalue weighted by molar-refractivity contribution is 5.63. The Morgan fingerprint density at radius 2 is 0.345 bits per heavy atom. The van der Waals surface area contributed by atoms with E-state index in [1.54, 1.807) is 0 Å². The third-order valence-corrected chi connectivity index (χ3v) is 7.22. The molecule has 0 radical (unpaired) electrons. The quantitative estimate of drug-likeness (QED) is 0.182. The van der Waals surface area contributed by atoms with E-state index in [9.17, 15) is 119 Å². The minimum atomic E-state index is -7.08. The van der Waals surface area contributed by atoms with Crippen LogP contribution in [0.25, 0.3) is 0 Å². The van der Waals surface area contributed by atoms with Crippen molar-refractivity contribution < 1.29 is 119 Å². The van der Waals surface area contributed by atoms with Gasteiger partial charge in [0.25, 0.3) is 0 Å². The van der Waals surface area contributed by atoms with Crippen LogP contribution in [0, 0.1) is 0 Å². The molecule has 0 N–H and O–H groups in total. The van der Waals surface area contributed by atoms with E-state index < -0.39 is 165 Å². The van der Waals surface area contributed by atoms with E-state index in [1.807, 2.05) is 0 Å². The minimum absolute atomic E-state index is 1.62. The van der Waals surface area contributed by atoms with Gasteiger partial charge < -0.3 is 0 Å². The number of hydrogen-bond donors (Lipinski definition) is 0. The van der Waals surface area contributed by atoms with Crippen LogP contribution in [0.3, 0.4) is 0 Å². The summed E-state index contributed by atoms with van der Waals surface area (Å²) in [5.41, 5.74) is -44.2. The van der Waals surface area contributed by atoms with Crippen molar-refractivity contribution in [3.63, 3.8) is 0 Å². The molecule has 3 rings (SSSR count). The van der Waals surface area contributed by atoms with E-state index in [1.165, 1.54) is 0 Å². The number of benzene rings is 3. The molecule has 0 aromatic heterocycles. The normalized spacial score (nSPS) is 14.6. The highest BCUT2D eigenvalue weighted by Crippen LogP contribution is 2.58. The average Bonchev–Trinajstić information content (AvgIpc) is 2.92. The Balaban J connectivity index is 3.14. The highest BCUT2D eigenvalue weighted by atomic mass is 19.4. The van der Waals surface area contributed by atoms with Crippen molar-refractivity contribution in [1.82, 2.24) is 0 Å². The van der Waals surface area contributed by atoms with E-state index in [-0.39, 0.29) is 0 Å². The Morgan fingerprint density at radius 1 is 0.218 bits per heavy atom. The molecule has 3 aromatic rings. The number of halogens is 27. The second kappa shape index (κ2) is 13.2. The highest BCUT2D eigenvalue weighted by Gasteiger charge is 2.55. The minimum Gasteiger partial charge on any atom is -0.166 e. The van der Waals surface area contributed by atoms with E-state index >= 15 is 0 Å². The molecule has 0 heterocycles. The van der Waals surface area contributed by atoms with Crippen molar-refractivity contribution in [3.05, 3.63) is 103 Å². The zero-order valence-corrected chi connectivity index (χ0v) is 24.7. The van der Waals surface area contributed by atoms with Crippen LogP contribution >= 0.6 is 0 Å². The van der Waals surface area contributed by atoms with E-state index in [0.29, 0.717) is 0 Å². The van der Waals surface area contributed by atoms with Crippen LogP contribution in [-0.4, -0.2) is 0 Å². The smallest absolute Gasteiger partial charge is 0.166 e. The lowest BCUT2D eigenvalue weighted by molar-refractivity contribution is -0.150. The summed E-state index contributed by atoms with van der Waals surface area (Å²) in [5, 5.41) is 0. The van der Waals surface area contributed by atoms with Crippen LogP contribution in [0.1, 0.15) is 72.7 Å². The third-order valence-electron chi connectivity index (χ3n) is 7.22. The van der Waals surface area contributed by atoms with E-state index in [0.717, 1.165) is 0 Å². The van der Waals surface area contributed by atoms with Crippen LogP contribution in [0.4, 0.5) is 119 Å². The number of hydrogen-bond acceptors (Lipinski definition) is 0. The number of alkyl halides is 27. The molecule has 0 nitrogen and oxygen atoms in total. The second-order valence-corrected chi connectivity index (χ2v) is 10.9. The van der Waals surface area contributed by atoms with Gasteiger partial charge >= 0.3 is 55.6 Å². The molecule has 0 atom stereocenters. The second-order valence-electron chi connectivity index (χ2n) is 10.9. The molecule has 55 heavy (non-hydrogen) atoms. The van der Waals surface area contributed by atoms with Crippen molar-refractivity contribution in [2.45, 2.75) is 61.5 Å². The summed E-state index contributed by atoms with van der Waals surface area (Å²) in [4.78, 5) is 0. The standard InChI is InChI=1S/C28H7F27/c29-20(30,31)7-1-10(23(38,39)40)16(11(2-7)24(41,42)43)19(17-12(25(44,45)46)3-8(21(32,33)34)4-13(17)26(47,48)49)18-14(27(50,51)52)5-9(22(35,36)37)6-15(18)28(53,54)55/h1-6,19H. The summed E-state index contributed by atoms with van der Waals surface area (Å²) in [6.45, 7) is 0. The van der Waals surface area contributed by atoms with Crippen molar-refractivity contribution in [2.24, 2.45) is 0 Å². The first-order valence-corrected chi connectivity index (χ1v) is 13.2. The summed E-state index contributed by atoms with van der Waals surface area (Å²) in [7, 11) is 0. The largest absolute Gasteiger partial charge is 0.416 e. The molecule has 0 saturated heterocycles. The fraction of sp³-hybridized carbons (Fsp3) is 0.357. The van der Waals surface area contributed by atoms with Crippen LogP contribution in [-0.2, 0) is 55.6 Å². The molecular formula is C28H7F27. The zero-order chi connectivity index (χ0) is 43.2. The summed E-state index contributed by atoms with van der Waals surface area (Å²) < 4.78 is 382. The molecule has 0 saturated carbocycles. The lowest BCUT2D eigenvalue weighted by Crippen LogP contribution is -2.30.